The van der Waals surface area contributed by atoms with Crippen LogP contribution in [0.5, 0.6) is 0 Å². The van der Waals surface area contributed by atoms with Gasteiger partial charge < -0.3 is 19.4 Å². The Balaban J connectivity index is 1.71. The number of hydrogen-bond donors (Lipinski definition) is 0. The number of nitrogens with zero attached hydrogens (tertiary/aromatic N) is 6. The third kappa shape index (κ3) is 4.36. The van der Waals surface area contributed by atoms with Gasteiger partial charge in [0.2, 0.25) is 11.6 Å². The molecule has 4 rings (SSSR count). The van der Waals surface area contributed by atoms with Gasteiger partial charge in [-0.1, -0.05) is 36.4 Å². The maximum atomic E-state index is 12.2. The molecule has 0 radical (unpaired) electrons. The molecule has 2 heterocycles. The molecule has 33 heavy (non-hydrogen) atoms. The van der Waals surface area contributed by atoms with Gasteiger partial charge in [-0.2, -0.15) is 0 Å². The van der Waals surface area contributed by atoms with Crippen molar-refractivity contribution in [3.05, 3.63) is 58.9 Å². The molecule has 3 aromatic rings. The highest BCUT2D eigenvalue weighted by Gasteiger charge is 2.33. The molecule has 0 N–H and O–H groups in total. The molecule has 1 fully saturated rings. The van der Waals surface area contributed by atoms with Crippen LogP contribution in [0.3, 0.4) is 0 Å². The summed E-state index contributed by atoms with van der Waals surface area (Å²) >= 11 is 0. The summed E-state index contributed by atoms with van der Waals surface area (Å²) in [7, 11) is 0. The molecule has 0 atom stereocenters. The molecule has 172 valence electrons. The third-order valence-electron chi connectivity index (χ3n) is 5.70. The molecule has 2 aromatic carbocycles. The van der Waals surface area contributed by atoms with Crippen LogP contribution >= 0.6 is 0 Å². The van der Waals surface area contributed by atoms with E-state index in [-0.39, 0.29) is 23.4 Å². The first-order valence-electron chi connectivity index (χ1n) is 11.0. The fraction of sp³-hybridized carbons (Fsp3) is 0.348. The maximum Gasteiger partial charge on any atom is 0.409 e. The highest BCUT2D eigenvalue weighted by Crippen LogP contribution is 2.39. The molecule has 0 spiro atoms. The summed E-state index contributed by atoms with van der Waals surface area (Å²) in [5.74, 6) is 0.504. The summed E-state index contributed by atoms with van der Waals surface area (Å²) in [4.78, 5) is 37.7. The molecule has 1 saturated heterocycles. The standard InChI is InChI=1S/C23H26N6O4/c1-3-28(19-11-7-9-17-8-5-6-10-18(17)19)22-20(29(31)32)21(24-16-25-22)26-12-14-27(15-13-26)23(30)33-4-2/h5-11,16H,3-4,12-15H2,1-2H3. The van der Waals surface area contributed by atoms with Crippen LogP contribution in [-0.2, 0) is 4.74 Å². The van der Waals surface area contributed by atoms with E-state index in [2.05, 4.69) is 9.97 Å². The van der Waals surface area contributed by atoms with E-state index in [0.717, 1.165) is 16.5 Å². The first-order valence-corrected chi connectivity index (χ1v) is 11.0. The normalized spacial score (nSPS) is 13.8. The summed E-state index contributed by atoms with van der Waals surface area (Å²) in [5.41, 5.74) is 0.701. The fourth-order valence-corrected chi connectivity index (χ4v) is 4.15. The number of amides is 1. The smallest absolute Gasteiger partial charge is 0.409 e. The number of benzene rings is 2. The zero-order chi connectivity index (χ0) is 23.4. The van der Waals surface area contributed by atoms with Crippen LogP contribution in [0, 0.1) is 10.1 Å². The lowest BCUT2D eigenvalue weighted by Gasteiger charge is -2.34. The molecular weight excluding hydrogens is 424 g/mol. The molecule has 1 aliphatic heterocycles. The SMILES string of the molecule is CCOC(=O)N1CCN(c2ncnc(N(CC)c3cccc4ccccc34)c2[N+](=O)[O-])CC1. The number of piperazine rings is 1. The van der Waals surface area contributed by atoms with Crippen molar-refractivity contribution in [1.29, 1.82) is 0 Å². The number of anilines is 3. The minimum atomic E-state index is -0.420. The number of nitro groups is 1. The highest BCUT2D eigenvalue weighted by atomic mass is 16.6. The van der Waals surface area contributed by atoms with Gasteiger partial charge in [0.05, 0.1) is 17.2 Å². The lowest BCUT2D eigenvalue weighted by molar-refractivity contribution is -0.383. The highest BCUT2D eigenvalue weighted by molar-refractivity contribution is 5.96. The number of rotatable bonds is 6. The van der Waals surface area contributed by atoms with Gasteiger partial charge in [-0.15, -0.1) is 0 Å². The fourth-order valence-electron chi connectivity index (χ4n) is 4.15. The van der Waals surface area contributed by atoms with Gasteiger partial charge >= 0.3 is 11.8 Å². The molecule has 10 heteroatoms. The zero-order valence-corrected chi connectivity index (χ0v) is 18.7. The average molecular weight is 450 g/mol. The van der Waals surface area contributed by atoms with E-state index < -0.39 is 4.92 Å². The summed E-state index contributed by atoms with van der Waals surface area (Å²) < 4.78 is 5.06. The quantitative estimate of drug-likeness (QED) is 0.410. The summed E-state index contributed by atoms with van der Waals surface area (Å²) in [6.07, 6.45) is 0.992. The van der Waals surface area contributed by atoms with Crippen LogP contribution in [0.1, 0.15) is 13.8 Å². The minimum Gasteiger partial charge on any atom is -0.450 e. The van der Waals surface area contributed by atoms with Crippen molar-refractivity contribution in [3.8, 4) is 0 Å². The Kier molecular flexibility index (Phi) is 6.53. The molecule has 0 saturated carbocycles. The van der Waals surface area contributed by atoms with E-state index >= 15 is 0 Å². The van der Waals surface area contributed by atoms with Crippen LogP contribution in [0.15, 0.2) is 48.8 Å². The molecule has 1 aromatic heterocycles. The molecule has 10 nitrogen and oxygen atoms in total. The van der Waals surface area contributed by atoms with Crippen molar-refractivity contribution < 1.29 is 14.5 Å². The van der Waals surface area contributed by atoms with Gasteiger partial charge in [-0.05, 0) is 25.3 Å². The van der Waals surface area contributed by atoms with Crippen LogP contribution in [0.25, 0.3) is 10.8 Å². The van der Waals surface area contributed by atoms with Crippen LogP contribution in [-0.4, -0.2) is 65.2 Å². The van der Waals surface area contributed by atoms with Crippen molar-refractivity contribution in [2.45, 2.75) is 13.8 Å². The monoisotopic (exact) mass is 450 g/mol. The lowest BCUT2D eigenvalue weighted by atomic mass is 10.1. The van der Waals surface area contributed by atoms with E-state index in [1.165, 1.54) is 6.33 Å². The molecule has 0 unspecified atom stereocenters. The second-order valence-electron chi connectivity index (χ2n) is 7.54. The topological polar surface area (TPSA) is 105 Å². The van der Waals surface area contributed by atoms with Crippen LogP contribution in [0.4, 0.5) is 27.8 Å². The molecule has 0 aliphatic carbocycles. The minimum absolute atomic E-state index is 0.142. The number of hydrogen-bond acceptors (Lipinski definition) is 8. The Morgan fingerprint density at radius 2 is 1.82 bits per heavy atom. The number of carbonyl (C=O) groups is 1. The van der Waals surface area contributed by atoms with E-state index in [0.29, 0.717) is 39.3 Å². The van der Waals surface area contributed by atoms with E-state index in [1.54, 1.807) is 11.8 Å². The molecule has 1 aliphatic rings. The van der Waals surface area contributed by atoms with Gasteiger partial charge in [0.15, 0.2) is 0 Å². The van der Waals surface area contributed by atoms with E-state index in [1.807, 2.05) is 59.2 Å². The Labute approximate surface area is 191 Å². The van der Waals surface area contributed by atoms with Crippen molar-refractivity contribution in [3.63, 3.8) is 0 Å². The molecule has 0 bridgehead atoms. The number of ether oxygens (including phenoxy) is 1. The van der Waals surface area contributed by atoms with Gasteiger partial charge in [0.1, 0.15) is 6.33 Å². The predicted molar refractivity (Wildman–Crippen MR) is 126 cm³/mol. The number of fused-ring (bicyclic) bond motifs is 1. The van der Waals surface area contributed by atoms with Crippen molar-refractivity contribution in [1.82, 2.24) is 14.9 Å². The van der Waals surface area contributed by atoms with Crippen LogP contribution in [0.2, 0.25) is 0 Å². The number of carbonyl (C=O) groups excluding carboxylic acids is 1. The first kappa shape index (κ1) is 22.3. The molecular formula is C23H26N6O4. The van der Waals surface area contributed by atoms with Gasteiger partial charge in [0, 0.05) is 38.1 Å². The Morgan fingerprint density at radius 1 is 1.09 bits per heavy atom. The van der Waals surface area contributed by atoms with E-state index in [9.17, 15) is 14.9 Å². The van der Waals surface area contributed by atoms with Crippen molar-refractivity contribution in [2.24, 2.45) is 0 Å². The summed E-state index contributed by atoms with van der Waals surface area (Å²) in [6.45, 7) is 6.11. The molecule has 1 amide bonds. The Bertz CT molecular complexity index is 1160. The second-order valence-corrected chi connectivity index (χ2v) is 7.54. The summed E-state index contributed by atoms with van der Waals surface area (Å²) in [6, 6.07) is 13.8. The van der Waals surface area contributed by atoms with E-state index in [4.69, 9.17) is 4.74 Å². The van der Waals surface area contributed by atoms with Crippen LogP contribution < -0.4 is 9.80 Å². The van der Waals surface area contributed by atoms with Gasteiger partial charge in [-0.3, -0.25) is 10.1 Å². The second kappa shape index (κ2) is 9.68. The first-order chi connectivity index (χ1) is 16.0. The predicted octanol–water partition coefficient (Wildman–Crippen LogP) is 3.97. The Morgan fingerprint density at radius 3 is 2.52 bits per heavy atom. The Hall–Kier alpha value is -3.95. The number of aromatic nitrogens is 2. The third-order valence-corrected chi connectivity index (χ3v) is 5.70. The maximum absolute atomic E-state index is 12.2. The largest absolute Gasteiger partial charge is 0.450 e. The lowest BCUT2D eigenvalue weighted by Crippen LogP contribution is -2.49. The summed E-state index contributed by atoms with van der Waals surface area (Å²) in [5, 5.41) is 14.3. The average Bonchev–Trinajstić information content (AvgIpc) is 2.84. The van der Waals surface area contributed by atoms with Crippen molar-refractivity contribution >= 4 is 39.9 Å². The van der Waals surface area contributed by atoms with Gasteiger partial charge in [-0.25, -0.2) is 14.8 Å². The van der Waals surface area contributed by atoms with Crippen molar-refractivity contribution in [2.75, 3.05) is 49.1 Å². The zero-order valence-electron chi connectivity index (χ0n) is 18.7. The van der Waals surface area contributed by atoms with Gasteiger partial charge in [0.25, 0.3) is 0 Å².